The number of likely N-dealkylation sites (tertiary alicyclic amines) is 1. The quantitative estimate of drug-likeness (QED) is 0.591. The first-order valence-electron chi connectivity index (χ1n) is 6.47. The van der Waals surface area contributed by atoms with E-state index in [9.17, 15) is 9.59 Å². The normalized spacial score (nSPS) is 30.2. The zero-order chi connectivity index (χ0) is 12.6. The monoisotopic (exact) mass is 301 g/mol. The van der Waals surface area contributed by atoms with Crippen molar-refractivity contribution in [2.75, 3.05) is 11.9 Å². The molecule has 96 valence electrons. The highest BCUT2D eigenvalue weighted by atomic mass is 79.9. The lowest BCUT2D eigenvalue weighted by Gasteiger charge is -2.24. The molecule has 0 aromatic heterocycles. The maximum absolute atomic E-state index is 12.2. The highest BCUT2D eigenvalue weighted by Crippen LogP contribution is 2.40. The lowest BCUT2D eigenvalue weighted by atomic mass is 9.97. The molecule has 3 nitrogen and oxygen atoms in total. The summed E-state index contributed by atoms with van der Waals surface area (Å²) in [7, 11) is 0. The van der Waals surface area contributed by atoms with Gasteiger partial charge in [-0.1, -0.05) is 36.2 Å². The fraction of sp³-hybridized carbons (Fsp3) is 0.846. The first-order valence-corrected chi connectivity index (χ1v) is 7.59. The molecule has 0 aromatic carbocycles. The summed E-state index contributed by atoms with van der Waals surface area (Å²) in [5.74, 6) is 1.03. The fourth-order valence-electron chi connectivity index (χ4n) is 2.91. The predicted molar refractivity (Wildman–Crippen MR) is 69.7 cm³/mol. The summed E-state index contributed by atoms with van der Waals surface area (Å²) >= 11 is 3.48. The molecule has 0 N–H and O–H groups in total. The Labute approximate surface area is 111 Å². The fourth-order valence-corrected chi connectivity index (χ4v) is 3.86. The number of alkyl halides is 1. The molecule has 1 aliphatic heterocycles. The SMILES string of the molecule is CC(C)C(CBr)CN1C(=O)C2CCCC2C1=O. The zero-order valence-corrected chi connectivity index (χ0v) is 12.1. The molecule has 4 heteroatoms. The molecule has 3 unspecified atom stereocenters. The van der Waals surface area contributed by atoms with Gasteiger partial charge in [-0.25, -0.2) is 0 Å². The number of nitrogens with zero attached hydrogens (tertiary/aromatic N) is 1. The number of carbonyl (C=O) groups excluding carboxylic acids is 2. The van der Waals surface area contributed by atoms with Gasteiger partial charge in [0, 0.05) is 11.9 Å². The maximum Gasteiger partial charge on any atom is 0.233 e. The minimum Gasteiger partial charge on any atom is -0.282 e. The van der Waals surface area contributed by atoms with Crippen molar-refractivity contribution >= 4 is 27.7 Å². The summed E-state index contributed by atoms with van der Waals surface area (Å²) in [5, 5.41) is 0.844. The van der Waals surface area contributed by atoms with E-state index in [0.29, 0.717) is 18.4 Å². The molecule has 1 saturated carbocycles. The second kappa shape index (κ2) is 5.09. The second-order valence-corrected chi connectivity index (χ2v) is 6.24. The maximum atomic E-state index is 12.2. The van der Waals surface area contributed by atoms with E-state index >= 15 is 0 Å². The molecule has 0 spiro atoms. The van der Waals surface area contributed by atoms with Crippen LogP contribution in [0.1, 0.15) is 33.1 Å². The number of carbonyl (C=O) groups is 2. The third kappa shape index (κ3) is 2.28. The summed E-state index contributed by atoms with van der Waals surface area (Å²) < 4.78 is 0. The van der Waals surface area contributed by atoms with Crippen molar-refractivity contribution in [1.82, 2.24) is 4.90 Å². The molecule has 1 heterocycles. The van der Waals surface area contributed by atoms with E-state index in [1.807, 2.05) is 0 Å². The molecule has 1 saturated heterocycles. The van der Waals surface area contributed by atoms with Gasteiger partial charge in [0.25, 0.3) is 0 Å². The topological polar surface area (TPSA) is 37.4 Å². The van der Waals surface area contributed by atoms with Crippen LogP contribution >= 0.6 is 15.9 Å². The van der Waals surface area contributed by atoms with E-state index in [-0.39, 0.29) is 23.7 Å². The Balaban J connectivity index is 2.07. The lowest BCUT2D eigenvalue weighted by Crippen LogP contribution is -2.38. The molecule has 17 heavy (non-hydrogen) atoms. The Bertz CT molecular complexity index is 307. The van der Waals surface area contributed by atoms with Crippen molar-refractivity contribution in [3.63, 3.8) is 0 Å². The van der Waals surface area contributed by atoms with Crippen LogP contribution in [0, 0.1) is 23.7 Å². The highest BCUT2D eigenvalue weighted by Gasteiger charge is 2.49. The zero-order valence-electron chi connectivity index (χ0n) is 10.5. The molecule has 2 aliphatic rings. The van der Waals surface area contributed by atoms with Gasteiger partial charge in [-0.05, 0) is 24.7 Å². The average molecular weight is 302 g/mol. The number of imide groups is 1. The molecule has 2 fully saturated rings. The Morgan fingerprint density at radius 3 is 2.18 bits per heavy atom. The Hall–Kier alpha value is -0.380. The molecule has 0 radical (unpaired) electrons. The van der Waals surface area contributed by atoms with Crippen LogP contribution in [-0.2, 0) is 9.59 Å². The summed E-state index contributed by atoms with van der Waals surface area (Å²) in [4.78, 5) is 25.9. The molecule has 2 amide bonds. The largest absolute Gasteiger partial charge is 0.282 e. The van der Waals surface area contributed by atoms with Crippen molar-refractivity contribution in [1.29, 1.82) is 0 Å². The van der Waals surface area contributed by atoms with E-state index in [1.54, 1.807) is 0 Å². The smallest absolute Gasteiger partial charge is 0.233 e. The number of halogens is 1. The minimum absolute atomic E-state index is 0.00522. The van der Waals surface area contributed by atoms with E-state index in [1.165, 1.54) is 4.90 Å². The van der Waals surface area contributed by atoms with Gasteiger partial charge in [0.15, 0.2) is 0 Å². The molecule has 0 aromatic rings. The van der Waals surface area contributed by atoms with Crippen molar-refractivity contribution in [3.8, 4) is 0 Å². The summed E-state index contributed by atoms with van der Waals surface area (Å²) in [6, 6.07) is 0. The molecule has 3 atom stereocenters. The number of hydrogen-bond donors (Lipinski definition) is 0. The Morgan fingerprint density at radius 1 is 1.24 bits per heavy atom. The number of amides is 2. The van der Waals surface area contributed by atoms with Gasteiger partial charge in [-0.2, -0.15) is 0 Å². The van der Waals surface area contributed by atoms with Crippen LogP contribution in [0.15, 0.2) is 0 Å². The van der Waals surface area contributed by atoms with E-state index in [0.717, 1.165) is 24.6 Å². The standard InChI is InChI=1S/C13H20BrNO2/c1-8(2)9(6-14)7-15-12(16)10-4-3-5-11(10)13(15)17/h8-11H,3-7H2,1-2H3. The summed E-state index contributed by atoms with van der Waals surface area (Å²) in [6.45, 7) is 4.86. The predicted octanol–water partition coefficient (Wildman–Crippen LogP) is 2.44. The van der Waals surface area contributed by atoms with Gasteiger partial charge in [0.05, 0.1) is 11.8 Å². The minimum atomic E-state index is 0.00522. The van der Waals surface area contributed by atoms with Crippen LogP contribution in [0.25, 0.3) is 0 Å². The first-order chi connectivity index (χ1) is 8.06. The van der Waals surface area contributed by atoms with E-state index in [2.05, 4.69) is 29.8 Å². The average Bonchev–Trinajstić information content (AvgIpc) is 2.83. The van der Waals surface area contributed by atoms with Crippen LogP contribution < -0.4 is 0 Å². The molecular formula is C13H20BrNO2. The van der Waals surface area contributed by atoms with E-state index in [4.69, 9.17) is 0 Å². The number of hydrogen-bond acceptors (Lipinski definition) is 2. The van der Waals surface area contributed by atoms with Crippen molar-refractivity contribution < 1.29 is 9.59 Å². The van der Waals surface area contributed by atoms with Crippen LogP contribution in [0.3, 0.4) is 0 Å². The van der Waals surface area contributed by atoms with Crippen LogP contribution in [0.5, 0.6) is 0 Å². The molecule has 1 aliphatic carbocycles. The van der Waals surface area contributed by atoms with Gasteiger partial charge in [-0.3, -0.25) is 14.5 Å². The van der Waals surface area contributed by atoms with Gasteiger partial charge in [0.1, 0.15) is 0 Å². The molecule has 2 rings (SSSR count). The van der Waals surface area contributed by atoms with Crippen molar-refractivity contribution in [3.05, 3.63) is 0 Å². The Kier molecular flexibility index (Phi) is 3.91. The molecular weight excluding hydrogens is 282 g/mol. The van der Waals surface area contributed by atoms with Crippen LogP contribution in [0.4, 0.5) is 0 Å². The van der Waals surface area contributed by atoms with Gasteiger partial charge in [0.2, 0.25) is 11.8 Å². The number of fused-ring (bicyclic) bond motifs is 1. The number of rotatable bonds is 4. The Morgan fingerprint density at radius 2 is 1.76 bits per heavy atom. The third-order valence-corrected chi connectivity index (χ3v) is 5.07. The van der Waals surface area contributed by atoms with Gasteiger partial charge in [-0.15, -0.1) is 0 Å². The highest BCUT2D eigenvalue weighted by molar-refractivity contribution is 9.09. The lowest BCUT2D eigenvalue weighted by molar-refractivity contribution is -0.141. The van der Waals surface area contributed by atoms with Crippen molar-refractivity contribution in [2.24, 2.45) is 23.7 Å². The molecule has 0 bridgehead atoms. The van der Waals surface area contributed by atoms with Crippen molar-refractivity contribution in [2.45, 2.75) is 33.1 Å². The van der Waals surface area contributed by atoms with Gasteiger partial charge < -0.3 is 0 Å². The summed E-state index contributed by atoms with van der Waals surface area (Å²) in [6.07, 6.45) is 2.85. The third-order valence-electron chi connectivity index (χ3n) is 4.24. The van der Waals surface area contributed by atoms with Gasteiger partial charge >= 0.3 is 0 Å². The summed E-state index contributed by atoms with van der Waals surface area (Å²) in [5.41, 5.74) is 0. The van der Waals surface area contributed by atoms with Crippen LogP contribution in [-0.4, -0.2) is 28.6 Å². The first kappa shape index (κ1) is 13.1. The van der Waals surface area contributed by atoms with E-state index < -0.39 is 0 Å². The second-order valence-electron chi connectivity index (χ2n) is 5.59. The van der Waals surface area contributed by atoms with Crippen LogP contribution in [0.2, 0.25) is 0 Å².